The molecule has 2 aliphatic rings. The third kappa shape index (κ3) is 2.83. The second kappa shape index (κ2) is 6.27. The van der Waals surface area contributed by atoms with Crippen LogP contribution in [0.4, 0.5) is 5.69 Å². The Balaban J connectivity index is 1.63. The van der Waals surface area contributed by atoms with Gasteiger partial charge in [0.15, 0.2) is 11.5 Å². The van der Waals surface area contributed by atoms with E-state index in [9.17, 15) is 15.3 Å². The van der Waals surface area contributed by atoms with Crippen molar-refractivity contribution in [3.63, 3.8) is 0 Å². The number of aliphatic hydroxyl groups excluding tert-OH is 4. The van der Waals surface area contributed by atoms with Crippen LogP contribution >= 0.6 is 0 Å². The number of nitrogens with one attached hydrogen (secondary N) is 1. The molecular weight excluding hydrogens is 294 g/mol. The predicted molar refractivity (Wildman–Crippen MR) is 74.8 cm³/mol. The number of rotatable bonds is 4. The first-order valence-corrected chi connectivity index (χ1v) is 7.04. The molecule has 1 aromatic carbocycles. The Hall–Kier alpha value is -1.58. The standard InChI is InChI=1S/C14H19NO7/c16-5-11-13(18)14(19)12(17)10(22-11)4-15-7-1-2-8-9(3-7)21-6-20-8/h1-3,10-19H,4-6H2/t10?,11-,12+,13-,14-/m1/s1. The van der Waals surface area contributed by atoms with Crippen molar-refractivity contribution >= 4 is 5.69 Å². The maximum absolute atomic E-state index is 9.95. The number of ether oxygens (including phenoxy) is 3. The largest absolute Gasteiger partial charge is 0.454 e. The number of fused-ring (bicyclic) bond motifs is 1. The van der Waals surface area contributed by atoms with Gasteiger partial charge in [-0.05, 0) is 12.1 Å². The van der Waals surface area contributed by atoms with E-state index in [0.717, 1.165) is 5.69 Å². The maximum atomic E-state index is 9.95. The van der Waals surface area contributed by atoms with E-state index < -0.39 is 37.1 Å². The molecule has 3 rings (SSSR count). The number of benzene rings is 1. The molecule has 0 radical (unpaired) electrons. The highest BCUT2D eigenvalue weighted by atomic mass is 16.7. The summed E-state index contributed by atoms with van der Waals surface area (Å²) < 4.78 is 15.9. The van der Waals surface area contributed by atoms with Gasteiger partial charge in [0.1, 0.15) is 30.5 Å². The van der Waals surface area contributed by atoms with E-state index >= 15 is 0 Å². The minimum Gasteiger partial charge on any atom is -0.454 e. The molecule has 0 saturated carbocycles. The SMILES string of the molecule is OC[C@H]1OC(CNc2ccc3c(c2)OCO3)[C@H](O)[C@@H](O)[C@@H]1O. The van der Waals surface area contributed by atoms with Gasteiger partial charge in [-0.25, -0.2) is 0 Å². The molecule has 1 unspecified atom stereocenters. The van der Waals surface area contributed by atoms with Crippen LogP contribution in [0.15, 0.2) is 18.2 Å². The summed E-state index contributed by atoms with van der Waals surface area (Å²) in [5.74, 6) is 1.29. The minimum absolute atomic E-state index is 0.186. The lowest BCUT2D eigenvalue weighted by Gasteiger charge is -2.40. The van der Waals surface area contributed by atoms with E-state index in [4.69, 9.17) is 19.3 Å². The number of anilines is 1. The molecule has 5 atom stereocenters. The average molecular weight is 313 g/mol. The van der Waals surface area contributed by atoms with E-state index in [2.05, 4.69) is 5.32 Å². The molecule has 1 fully saturated rings. The van der Waals surface area contributed by atoms with Crippen molar-refractivity contribution in [2.24, 2.45) is 0 Å². The van der Waals surface area contributed by atoms with Gasteiger partial charge in [0.05, 0.1) is 6.61 Å². The highest BCUT2D eigenvalue weighted by Crippen LogP contribution is 2.34. The lowest BCUT2D eigenvalue weighted by atomic mass is 9.95. The zero-order valence-electron chi connectivity index (χ0n) is 11.8. The second-order valence-electron chi connectivity index (χ2n) is 5.32. The van der Waals surface area contributed by atoms with Crippen LogP contribution in [0.1, 0.15) is 0 Å². The number of aliphatic hydroxyl groups is 4. The molecule has 1 aromatic rings. The van der Waals surface area contributed by atoms with Crippen molar-refractivity contribution in [3.05, 3.63) is 18.2 Å². The Kier molecular flexibility index (Phi) is 4.37. The van der Waals surface area contributed by atoms with Crippen LogP contribution in [-0.2, 0) is 4.74 Å². The van der Waals surface area contributed by atoms with E-state index in [0.29, 0.717) is 11.5 Å². The molecule has 22 heavy (non-hydrogen) atoms. The van der Waals surface area contributed by atoms with Crippen LogP contribution in [0.5, 0.6) is 11.5 Å². The van der Waals surface area contributed by atoms with Gasteiger partial charge in [0.25, 0.3) is 0 Å². The molecular formula is C14H19NO7. The minimum atomic E-state index is -1.37. The highest BCUT2D eigenvalue weighted by Gasteiger charge is 2.43. The Morgan fingerprint density at radius 3 is 2.50 bits per heavy atom. The zero-order valence-corrected chi connectivity index (χ0v) is 11.8. The summed E-state index contributed by atoms with van der Waals surface area (Å²) in [6, 6.07) is 5.31. The lowest BCUT2D eigenvalue weighted by molar-refractivity contribution is -0.225. The lowest BCUT2D eigenvalue weighted by Crippen LogP contribution is -2.60. The highest BCUT2D eigenvalue weighted by molar-refractivity contribution is 5.55. The molecule has 0 aliphatic carbocycles. The van der Waals surface area contributed by atoms with Crippen molar-refractivity contribution in [2.75, 3.05) is 25.3 Å². The fourth-order valence-electron chi connectivity index (χ4n) is 2.57. The summed E-state index contributed by atoms with van der Waals surface area (Å²) in [5, 5.41) is 41.6. The van der Waals surface area contributed by atoms with Gasteiger partial charge in [-0.2, -0.15) is 0 Å². The van der Waals surface area contributed by atoms with Gasteiger partial charge in [-0.3, -0.25) is 0 Å². The molecule has 8 nitrogen and oxygen atoms in total. The molecule has 2 aliphatic heterocycles. The van der Waals surface area contributed by atoms with E-state index in [1.54, 1.807) is 18.2 Å². The molecule has 0 bridgehead atoms. The Morgan fingerprint density at radius 2 is 1.73 bits per heavy atom. The van der Waals surface area contributed by atoms with Crippen LogP contribution in [-0.4, -0.2) is 70.9 Å². The fourth-order valence-corrected chi connectivity index (χ4v) is 2.57. The molecule has 0 amide bonds. The summed E-state index contributed by atoms with van der Waals surface area (Å²) in [7, 11) is 0. The smallest absolute Gasteiger partial charge is 0.231 e. The molecule has 122 valence electrons. The van der Waals surface area contributed by atoms with Crippen molar-refractivity contribution in [1.82, 2.24) is 0 Å². The number of hydrogen-bond donors (Lipinski definition) is 5. The molecule has 5 N–H and O–H groups in total. The Bertz CT molecular complexity index is 524. The van der Waals surface area contributed by atoms with E-state index in [1.807, 2.05) is 0 Å². The number of hydrogen-bond acceptors (Lipinski definition) is 8. The molecule has 0 spiro atoms. The van der Waals surface area contributed by atoms with Crippen molar-refractivity contribution in [3.8, 4) is 11.5 Å². The Labute approximate surface area is 126 Å². The van der Waals surface area contributed by atoms with Gasteiger partial charge >= 0.3 is 0 Å². The van der Waals surface area contributed by atoms with Crippen LogP contribution in [0, 0.1) is 0 Å². The Morgan fingerprint density at radius 1 is 1.00 bits per heavy atom. The van der Waals surface area contributed by atoms with E-state index in [-0.39, 0.29) is 13.3 Å². The van der Waals surface area contributed by atoms with Gasteiger partial charge in [-0.15, -0.1) is 0 Å². The first-order chi connectivity index (χ1) is 10.6. The van der Waals surface area contributed by atoms with Gasteiger partial charge in [-0.1, -0.05) is 0 Å². The van der Waals surface area contributed by atoms with Gasteiger partial charge in [0, 0.05) is 18.3 Å². The third-order valence-corrected chi connectivity index (χ3v) is 3.87. The van der Waals surface area contributed by atoms with Gasteiger partial charge in [0.2, 0.25) is 6.79 Å². The first-order valence-electron chi connectivity index (χ1n) is 7.04. The topological polar surface area (TPSA) is 121 Å². The summed E-state index contributed by atoms with van der Waals surface area (Å²) in [4.78, 5) is 0. The first kappa shape index (κ1) is 15.3. The average Bonchev–Trinajstić information content (AvgIpc) is 2.99. The summed E-state index contributed by atoms with van der Waals surface area (Å²) in [5.41, 5.74) is 0.737. The third-order valence-electron chi connectivity index (χ3n) is 3.87. The fraction of sp³-hybridized carbons (Fsp3) is 0.571. The second-order valence-corrected chi connectivity index (χ2v) is 5.32. The molecule has 1 saturated heterocycles. The quantitative estimate of drug-likeness (QED) is 0.464. The molecule has 2 heterocycles. The summed E-state index contributed by atoms with van der Waals surface area (Å²) in [6.45, 7) is -0.0575. The van der Waals surface area contributed by atoms with Crippen LogP contribution in [0.25, 0.3) is 0 Å². The molecule has 0 aromatic heterocycles. The zero-order chi connectivity index (χ0) is 15.7. The van der Waals surface area contributed by atoms with Crippen LogP contribution in [0.3, 0.4) is 0 Å². The maximum Gasteiger partial charge on any atom is 0.231 e. The summed E-state index contributed by atoms with van der Waals surface area (Å²) >= 11 is 0. The normalized spacial score (nSPS) is 33.7. The van der Waals surface area contributed by atoms with E-state index in [1.165, 1.54) is 0 Å². The van der Waals surface area contributed by atoms with Crippen molar-refractivity contribution < 1.29 is 34.6 Å². The monoisotopic (exact) mass is 313 g/mol. The van der Waals surface area contributed by atoms with Crippen LogP contribution < -0.4 is 14.8 Å². The predicted octanol–water partition coefficient (Wildman–Crippen LogP) is -1.33. The van der Waals surface area contributed by atoms with Gasteiger partial charge < -0.3 is 40.0 Å². The van der Waals surface area contributed by atoms with Crippen LogP contribution in [0.2, 0.25) is 0 Å². The summed E-state index contributed by atoms with van der Waals surface area (Å²) in [6.07, 6.45) is -5.63. The molecule has 8 heteroatoms. The van der Waals surface area contributed by atoms with Crippen molar-refractivity contribution in [2.45, 2.75) is 30.5 Å². The van der Waals surface area contributed by atoms with Crippen molar-refractivity contribution in [1.29, 1.82) is 0 Å².